The number of rotatable bonds is 4. The maximum Gasteiger partial charge on any atom is 0.193 e. The number of ketones is 1. The van der Waals surface area contributed by atoms with Crippen molar-refractivity contribution in [3.8, 4) is 16.8 Å². The second-order valence-corrected chi connectivity index (χ2v) is 14.4. The van der Waals surface area contributed by atoms with E-state index in [4.69, 9.17) is 0 Å². The summed E-state index contributed by atoms with van der Waals surface area (Å²) in [5.41, 5.74) is 13.4. The SMILES string of the molecule is CC1(C)c2ccccc2-c2ccc(C(=O)c3ccc4c(c3)c3cccc5c3n4-c3ccccc3C5(c3ccccc3)C3C=CC=CC3)cc21. The van der Waals surface area contributed by atoms with Crippen LogP contribution in [-0.2, 0) is 10.8 Å². The van der Waals surface area contributed by atoms with E-state index in [2.05, 4.69) is 164 Å². The summed E-state index contributed by atoms with van der Waals surface area (Å²) in [5, 5.41) is 2.28. The molecule has 0 radical (unpaired) electrons. The van der Waals surface area contributed by atoms with E-state index in [1.807, 2.05) is 12.1 Å². The molecule has 3 aliphatic rings. The number of carbonyl (C=O) groups excluding carboxylic acids is 1. The van der Waals surface area contributed by atoms with Crippen LogP contribution < -0.4 is 0 Å². The highest BCUT2D eigenvalue weighted by Gasteiger charge is 2.48. The quantitative estimate of drug-likeness (QED) is 0.178. The van der Waals surface area contributed by atoms with Crippen LogP contribution in [0.25, 0.3) is 38.6 Å². The summed E-state index contributed by atoms with van der Waals surface area (Å²) in [7, 11) is 0. The van der Waals surface area contributed by atoms with Crippen LogP contribution in [0, 0.1) is 5.92 Å². The van der Waals surface area contributed by atoms with Crippen molar-refractivity contribution in [2.45, 2.75) is 31.1 Å². The first kappa shape index (κ1) is 28.3. The molecule has 0 saturated heterocycles. The van der Waals surface area contributed by atoms with E-state index in [-0.39, 0.29) is 22.5 Å². The Morgan fingerprint density at radius 1 is 0.633 bits per heavy atom. The predicted octanol–water partition coefficient (Wildman–Crippen LogP) is 11.1. The molecule has 0 amide bonds. The van der Waals surface area contributed by atoms with Gasteiger partial charge in [0.1, 0.15) is 0 Å². The van der Waals surface area contributed by atoms with Crippen molar-refractivity contribution in [1.29, 1.82) is 0 Å². The van der Waals surface area contributed by atoms with E-state index in [9.17, 15) is 4.79 Å². The molecule has 2 unspecified atom stereocenters. The van der Waals surface area contributed by atoms with Gasteiger partial charge in [0.25, 0.3) is 0 Å². The standard InChI is InChI=1S/C47H35NO/c1-46(2)38-20-10-9-18-34(38)35-26-24-31(29-41(35)46)45(49)30-25-27-42-37(28-30)36-19-13-22-40-44(36)48(42)43-23-12-11-21-39(43)47(40,32-14-5-3-6-15-32)33-16-7-4-8-17-33/h3-16,18-29,33H,17H2,1-2H3. The largest absolute Gasteiger partial charge is 0.309 e. The highest BCUT2D eigenvalue weighted by molar-refractivity contribution is 6.16. The van der Waals surface area contributed by atoms with Gasteiger partial charge in [0.2, 0.25) is 0 Å². The van der Waals surface area contributed by atoms with Crippen LogP contribution in [-0.4, -0.2) is 10.4 Å². The topological polar surface area (TPSA) is 22.0 Å². The second kappa shape index (κ2) is 10.1. The molecule has 2 heteroatoms. The summed E-state index contributed by atoms with van der Waals surface area (Å²) in [5.74, 6) is 0.298. The molecule has 10 rings (SSSR count). The van der Waals surface area contributed by atoms with Crippen molar-refractivity contribution in [3.05, 3.63) is 197 Å². The van der Waals surface area contributed by atoms with E-state index < -0.39 is 0 Å². The van der Waals surface area contributed by atoms with E-state index >= 15 is 0 Å². The normalized spacial score (nSPS) is 19.5. The molecule has 49 heavy (non-hydrogen) atoms. The summed E-state index contributed by atoms with van der Waals surface area (Å²) in [6, 6.07) is 48.0. The summed E-state index contributed by atoms with van der Waals surface area (Å²) >= 11 is 0. The Hall–Kier alpha value is -5.73. The second-order valence-electron chi connectivity index (χ2n) is 14.4. The Morgan fingerprint density at radius 2 is 1.35 bits per heavy atom. The van der Waals surface area contributed by atoms with E-state index in [1.54, 1.807) is 0 Å². The Bertz CT molecular complexity index is 2580. The smallest absolute Gasteiger partial charge is 0.193 e. The lowest BCUT2D eigenvalue weighted by molar-refractivity contribution is 0.103. The average molecular weight is 630 g/mol. The minimum Gasteiger partial charge on any atom is -0.309 e. The molecule has 6 aromatic carbocycles. The van der Waals surface area contributed by atoms with Gasteiger partial charge in [-0.3, -0.25) is 4.79 Å². The lowest BCUT2D eigenvalue weighted by Crippen LogP contribution is -2.40. The molecular formula is C47H35NO. The van der Waals surface area contributed by atoms with Gasteiger partial charge in [0.05, 0.1) is 22.1 Å². The molecule has 0 bridgehead atoms. The van der Waals surface area contributed by atoms with Crippen molar-refractivity contribution < 1.29 is 4.79 Å². The first-order chi connectivity index (χ1) is 24.0. The Labute approximate surface area is 286 Å². The molecule has 0 N–H and O–H groups in total. The van der Waals surface area contributed by atoms with Crippen molar-refractivity contribution in [3.63, 3.8) is 0 Å². The molecule has 0 saturated carbocycles. The zero-order valence-electron chi connectivity index (χ0n) is 27.7. The number of aromatic nitrogens is 1. The summed E-state index contributed by atoms with van der Waals surface area (Å²) < 4.78 is 2.45. The number of hydrogen-bond donors (Lipinski definition) is 0. The molecule has 2 nitrogen and oxygen atoms in total. The van der Waals surface area contributed by atoms with E-state index in [0.29, 0.717) is 5.56 Å². The van der Waals surface area contributed by atoms with Crippen LogP contribution >= 0.6 is 0 Å². The van der Waals surface area contributed by atoms with Gasteiger partial charge >= 0.3 is 0 Å². The van der Waals surface area contributed by atoms with Crippen molar-refractivity contribution in [2.24, 2.45) is 5.92 Å². The average Bonchev–Trinajstić information content (AvgIpc) is 3.61. The lowest BCUT2D eigenvalue weighted by Gasteiger charge is -2.45. The van der Waals surface area contributed by atoms with Crippen LogP contribution in [0.3, 0.4) is 0 Å². The Balaban J connectivity index is 1.19. The van der Waals surface area contributed by atoms with Gasteiger partial charge in [-0.15, -0.1) is 0 Å². The zero-order chi connectivity index (χ0) is 32.9. The third kappa shape index (κ3) is 3.69. The fraction of sp³-hybridized carbons (Fsp3) is 0.128. The van der Waals surface area contributed by atoms with Crippen LogP contribution in [0.5, 0.6) is 0 Å². The minimum atomic E-state index is -0.379. The number of para-hydroxylation sites is 2. The van der Waals surface area contributed by atoms with Crippen LogP contribution in [0.1, 0.15) is 64.0 Å². The Kier molecular flexibility index (Phi) is 5.85. The molecule has 1 aromatic heterocycles. The van der Waals surface area contributed by atoms with Gasteiger partial charge in [-0.2, -0.15) is 0 Å². The number of carbonyl (C=O) groups is 1. The molecule has 2 aliphatic carbocycles. The number of fused-ring (bicyclic) bond motifs is 8. The highest BCUT2D eigenvalue weighted by atomic mass is 16.1. The molecule has 2 atom stereocenters. The van der Waals surface area contributed by atoms with Gasteiger partial charge in [-0.25, -0.2) is 0 Å². The molecule has 234 valence electrons. The third-order valence-corrected chi connectivity index (χ3v) is 11.7. The fourth-order valence-corrected chi connectivity index (χ4v) is 9.47. The summed E-state index contributed by atoms with van der Waals surface area (Å²) in [6.07, 6.45) is 10.0. The Morgan fingerprint density at radius 3 is 2.18 bits per heavy atom. The molecule has 0 spiro atoms. The van der Waals surface area contributed by atoms with E-state index in [0.717, 1.165) is 22.9 Å². The van der Waals surface area contributed by atoms with Gasteiger partial charge in [0, 0.05) is 27.3 Å². The first-order valence-electron chi connectivity index (χ1n) is 17.3. The fourth-order valence-electron chi connectivity index (χ4n) is 9.47. The maximum atomic E-state index is 14.3. The number of allylic oxidation sites excluding steroid dienone is 4. The van der Waals surface area contributed by atoms with Crippen molar-refractivity contribution >= 4 is 27.6 Å². The van der Waals surface area contributed by atoms with Crippen LogP contribution in [0.2, 0.25) is 0 Å². The van der Waals surface area contributed by atoms with Crippen molar-refractivity contribution in [1.82, 2.24) is 4.57 Å². The molecular weight excluding hydrogens is 595 g/mol. The van der Waals surface area contributed by atoms with Gasteiger partial charge in [-0.1, -0.05) is 141 Å². The van der Waals surface area contributed by atoms with Gasteiger partial charge < -0.3 is 4.57 Å². The van der Waals surface area contributed by atoms with Crippen LogP contribution in [0.15, 0.2) is 158 Å². The van der Waals surface area contributed by atoms with E-state index in [1.165, 1.54) is 55.5 Å². The lowest BCUT2D eigenvalue weighted by atomic mass is 9.58. The molecule has 0 fully saturated rings. The molecule has 1 aliphatic heterocycles. The number of hydrogen-bond acceptors (Lipinski definition) is 1. The van der Waals surface area contributed by atoms with Crippen LogP contribution in [0.4, 0.5) is 0 Å². The first-order valence-corrected chi connectivity index (χ1v) is 17.3. The zero-order valence-corrected chi connectivity index (χ0v) is 27.7. The molecule has 2 heterocycles. The van der Waals surface area contributed by atoms with Gasteiger partial charge in [-0.05, 0) is 81.6 Å². The third-order valence-electron chi connectivity index (χ3n) is 11.7. The summed E-state index contributed by atoms with van der Waals surface area (Å²) in [6.45, 7) is 4.52. The minimum absolute atomic E-state index is 0.0570. The van der Waals surface area contributed by atoms with Gasteiger partial charge in [0.15, 0.2) is 5.78 Å². The van der Waals surface area contributed by atoms with Crippen molar-refractivity contribution in [2.75, 3.05) is 0 Å². The number of nitrogens with zero attached hydrogens (tertiary/aromatic N) is 1. The maximum absolute atomic E-state index is 14.3. The molecule has 7 aromatic rings. The highest BCUT2D eigenvalue weighted by Crippen LogP contribution is 2.56. The summed E-state index contributed by atoms with van der Waals surface area (Å²) in [4.78, 5) is 14.3. The monoisotopic (exact) mass is 629 g/mol. The predicted molar refractivity (Wildman–Crippen MR) is 201 cm³/mol. The number of benzene rings is 6.